The summed E-state index contributed by atoms with van der Waals surface area (Å²) in [7, 11) is -3.41. The van der Waals surface area contributed by atoms with Gasteiger partial charge in [-0.2, -0.15) is 4.31 Å². The third-order valence-corrected chi connectivity index (χ3v) is 5.59. The predicted octanol–water partition coefficient (Wildman–Crippen LogP) is 3.35. The zero-order valence-corrected chi connectivity index (χ0v) is 16.3. The molecule has 140 valence electrons. The lowest BCUT2D eigenvalue weighted by Crippen LogP contribution is -2.32. The van der Waals surface area contributed by atoms with E-state index in [9.17, 15) is 13.2 Å². The molecule has 0 spiro atoms. The van der Waals surface area contributed by atoms with Crippen LogP contribution in [0, 0.1) is 6.92 Å². The number of carbonyl (C=O) groups excluding carboxylic acids is 1. The summed E-state index contributed by atoms with van der Waals surface area (Å²) in [5, 5.41) is 2.88. The van der Waals surface area contributed by atoms with Gasteiger partial charge in [0, 0.05) is 25.2 Å². The maximum absolute atomic E-state index is 12.3. The highest BCUT2D eigenvalue weighted by molar-refractivity contribution is 7.88. The van der Waals surface area contributed by atoms with Crippen LogP contribution in [0.15, 0.2) is 48.5 Å². The lowest BCUT2D eigenvalue weighted by molar-refractivity contribution is -0.116. The molecule has 0 saturated heterocycles. The summed E-state index contributed by atoms with van der Waals surface area (Å²) in [6.45, 7) is 4.39. The third kappa shape index (κ3) is 5.68. The van der Waals surface area contributed by atoms with Crippen LogP contribution in [0.2, 0.25) is 0 Å². The van der Waals surface area contributed by atoms with Crippen molar-refractivity contribution in [3.63, 3.8) is 0 Å². The van der Waals surface area contributed by atoms with E-state index in [0.717, 1.165) is 28.8 Å². The summed E-state index contributed by atoms with van der Waals surface area (Å²) < 4.78 is 25.6. The number of nitrogens with zero attached hydrogens (tertiary/aromatic N) is 1. The molecule has 1 amide bonds. The van der Waals surface area contributed by atoms with Crippen molar-refractivity contribution in [3.05, 3.63) is 65.2 Å². The number of amides is 1. The smallest absolute Gasteiger partial charge is 0.225 e. The average Bonchev–Trinajstić information content (AvgIpc) is 2.59. The van der Waals surface area contributed by atoms with Gasteiger partial charge in [-0.1, -0.05) is 49.4 Å². The fraction of sp³-hybridized carbons (Fsp3) is 0.350. The van der Waals surface area contributed by atoms with E-state index in [1.165, 1.54) is 10.6 Å². The number of rotatable bonds is 8. The largest absolute Gasteiger partial charge is 0.326 e. The molecular weight excluding hydrogens is 348 g/mol. The summed E-state index contributed by atoms with van der Waals surface area (Å²) in [5.41, 5.74) is 3.81. The van der Waals surface area contributed by atoms with Gasteiger partial charge in [0.25, 0.3) is 0 Å². The molecule has 0 aliphatic heterocycles. The molecule has 0 saturated carbocycles. The number of hydrogen-bond acceptors (Lipinski definition) is 3. The van der Waals surface area contributed by atoms with Crippen LogP contribution in [-0.2, 0) is 27.8 Å². The number of hydrogen-bond donors (Lipinski definition) is 1. The highest BCUT2D eigenvalue weighted by Gasteiger charge is 2.19. The quantitative estimate of drug-likeness (QED) is 0.770. The summed E-state index contributed by atoms with van der Waals surface area (Å²) in [5.74, 6) is -0.190. The third-order valence-electron chi connectivity index (χ3n) is 4.34. The van der Waals surface area contributed by atoms with Crippen LogP contribution in [0.1, 0.15) is 30.0 Å². The number of aryl methyl sites for hydroxylation is 2. The van der Waals surface area contributed by atoms with E-state index in [1.54, 1.807) is 0 Å². The van der Waals surface area contributed by atoms with E-state index in [4.69, 9.17) is 0 Å². The van der Waals surface area contributed by atoms with E-state index >= 15 is 0 Å². The van der Waals surface area contributed by atoms with Crippen LogP contribution in [-0.4, -0.2) is 31.4 Å². The van der Waals surface area contributed by atoms with Crippen molar-refractivity contribution in [1.29, 1.82) is 0 Å². The Hall–Kier alpha value is -2.18. The topological polar surface area (TPSA) is 66.5 Å². The monoisotopic (exact) mass is 374 g/mol. The molecule has 0 radical (unpaired) electrons. The van der Waals surface area contributed by atoms with Crippen LogP contribution in [0.5, 0.6) is 0 Å². The van der Waals surface area contributed by atoms with Crippen molar-refractivity contribution in [2.24, 2.45) is 0 Å². The summed E-state index contributed by atoms with van der Waals surface area (Å²) in [4.78, 5) is 12.3. The number of benzene rings is 2. The van der Waals surface area contributed by atoms with Crippen LogP contribution < -0.4 is 5.32 Å². The molecule has 5 nitrogen and oxygen atoms in total. The molecule has 0 heterocycles. The number of anilines is 1. The standard InChI is InChI=1S/C20H26N2O3S/c1-4-17-10-7-8-12-19(17)21-20(23)13-14-22(26(3,24)25)15-18-11-6-5-9-16(18)2/h5-12H,4,13-15H2,1-3H3,(H,21,23). The number of para-hydroxylation sites is 1. The molecule has 0 fully saturated rings. The van der Waals surface area contributed by atoms with Crippen molar-refractivity contribution < 1.29 is 13.2 Å². The lowest BCUT2D eigenvalue weighted by Gasteiger charge is -2.21. The first-order chi connectivity index (χ1) is 12.3. The molecule has 1 N–H and O–H groups in total. The zero-order chi connectivity index (χ0) is 19.2. The Kier molecular flexibility index (Phi) is 6.94. The van der Waals surface area contributed by atoms with E-state index in [0.29, 0.717) is 0 Å². The molecule has 0 aliphatic rings. The minimum atomic E-state index is -3.41. The highest BCUT2D eigenvalue weighted by atomic mass is 32.2. The molecule has 2 rings (SSSR count). The van der Waals surface area contributed by atoms with Crippen LogP contribution in [0.4, 0.5) is 5.69 Å². The van der Waals surface area contributed by atoms with Crippen molar-refractivity contribution >= 4 is 21.6 Å². The minimum Gasteiger partial charge on any atom is -0.326 e. The second kappa shape index (κ2) is 8.96. The minimum absolute atomic E-state index is 0.108. The van der Waals surface area contributed by atoms with E-state index in [1.807, 2.05) is 62.4 Å². The van der Waals surface area contributed by atoms with Crippen molar-refractivity contribution in [2.75, 3.05) is 18.1 Å². The van der Waals surface area contributed by atoms with Gasteiger partial charge >= 0.3 is 0 Å². The first-order valence-electron chi connectivity index (χ1n) is 8.68. The number of sulfonamides is 1. The van der Waals surface area contributed by atoms with Crippen LogP contribution >= 0.6 is 0 Å². The fourth-order valence-electron chi connectivity index (χ4n) is 2.73. The first kappa shape index (κ1) is 20.1. The number of nitrogens with one attached hydrogen (secondary N) is 1. The molecule has 0 atom stereocenters. The van der Waals surface area contributed by atoms with Gasteiger partial charge in [0.2, 0.25) is 15.9 Å². The van der Waals surface area contributed by atoms with Crippen molar-refractivity contribution in [1.82, 2.24) is 4.31 Å². The highest BCUT2D eigenvalue weighted by Crippen LogP contribution is 2.17. The molecule has 2 aromatic carbocycles. The molecule has 0 aromatic heterocycles. The van der Waals surface area contributed by atoms with Gasteiger partial charge in [-0.05, 0) is 36.1 Å². The van der Waals surface area contributed by atoms with Crippen molar-refractivity contribution in [3.8, 4) is 0 Å². The molecule has 0 aliphatic carbocycles. The maximum atomic E-state index is 12.3. The maximum Gasteiger partial charge on any atom is 0.225 e. The van der Waals surface area contributed by atoms with Crippen LogP contribution in [0.3, 0.4) is 0 Å². The summed E-state index contributed by atoms with van der Waals surface area (Å²) in [6, 6.07) is 15.3. The zero-order valence-electron chi connectivity index (χ0n) is 15.5. The Balaban J connectivity index is 2.03. The van der Waals surface area contributed by atoms with Crippen LogP contribution in [0.25, 0.3) is 0 Å². The average molecular weight is 375 g/mol. The number of carbonyl (C=O) groups is 1. The molecule has 26 heavy (non-hydrogen) atoms. The SMILES string of the molecule is CCc1ccccc1NC(=O)CCN(Cc1ccccc1C)S(C)(=O)=O. The molecule has 2 aromatic rings. The van der Waals surface area contributed by atoms with Gasteiger partial charge in [0.1, 0.15) is 0 Å². The fourth-order valence-corrected chi connectivity index (χ4v) is 3.53. The molecule has 0 unspecified atom stereocenters. The summed E-state index contributed by atoms with van der Waals surface area (Å²) in [6.07, 6.45) is 2.10. The Bertz CT molecular complexity index is 863. The van der Waals surface area contributed by atoms with Gasteiger partial charge in [-0.3, -0.25) is 4.79 Å². The Morgan fingerprint density at radius 2 is 1.65 bits per heavy atom. The predicted molar refractivity (Wildman–Crippen MR) is 105 cm³/mol. The van der Waals surface area contributed by atoms with Gasteiger partial charge < -0.3 is 5.32 Å². The molecule has 6 heteroatoms. The Morgan fingerprint density at radius 1 is 1.04 bits per heavy atom. The Morgan fingerprint density at radius 3 is 2.27 bits per heavy atom. The second-order valence-electron chi connectivity index (χ2n) is 6.33. The van der Waals surface area contributed by atoms with Gasteiger partial charge in [0.15, 0.2) is 0 Å². The Labute approximate surface area is 156 Å². The molecule has 0 bridgehead atoms. The van der Waals surface area contributed by atoms with Gasteiger partial charge in [-0.15, -0.1) is 0 Å². The first-order valence-corrected chi connectivity index (χ1v) is 10.5. The molecular formula is C20H26N2O3S. The van der Waals surface area contributed by atoms with Gasteiger partial charge in [0.05, 0.1) is 6.26 Å². The normalized spacial score (nSPS) is 11.5. The lowest BCUT2D eigenvalue weighted by atomic mass is 10.1. The van der Waals surface area contributed by atoms with Gasteiger partial charge in [-0.25, -0.2) is 8.42 Å². The second-order valence-corrected chi connectivity index (χ2v) is 8.31. The van der Waals surface area contributed by atoms with E-state index in [2.05, 4.69) is 5.32 Å². The van der Waals surface area contributed by atoms with E-state index < -0.39 is 10.0 Å². The summed E-state index contributed by atoms with van der Waals surface area (Å²) >= 11 is 0. The van der Waals surface area contributed by atoms with E-state index in [-0.39, 0.29) is 25.4 Å². The van der Waals surface area contributed by atoms with Crippen molar-refractivity contribution in [2.45, 2.75) is 33.2 Å².